The lowest BCUT2D eigenvalue weighted by Crippen LogP contribution is -2.08. The molecule has 0 aliphatic rings. The third kappa shape index (κ3) is 3.51. The number of rotatable bonds is 4. The minimum atomic E-state index is -1.02. The lowest BCUT2D eigenvalue weighted by atomic mass is 10.2. The molecule has 0 unspecified atom stereocenters. The molecule has 0 amide bonds. The molecule has 19 heavy (non-hydrogen) atoms. The van der Waals surface area contributed by atoms with Gasteiger partial charge in [0.15, 0.2) is 0 Å². The second kappa shape index (κ2) is 5.79. The number of hydrogen-bond acceptors (Lipinski definition) is 4. The molecule has 6 heteroatoms. The number of nitrogens with zero attached hydrogens (tertiary/aromatic N) is 2. The highest BCUT2D eigenvalue weighted by molar-refractivity contribution is 9.10. The van der Waals surface area contributed by atoms with Gasteiger partial charge in [-0.2, -0.15) is 0 Å². The monoisotopic (exact) mass is 321 g/mol. The van der Waals surface area contributed by atoms with Crippen LogP contribution in [0.5, 0.6) is 0 Å². The molecule has 2 N–H and O–H groups in total. The number of aromatic nitrogens is 2. The third-order valence-electron chi connectivity index (χ3n) is 2.52. The number of hydrogen-bond donors (Lipinski definition) is 2. The van der Waals surface area contributed by atoms with Crippen molar-refractivity contribution in [2.75, 3.05) is 5.32 Å². The summed E-state index contributed by atoms with van der Waals surface area (Å²) in [6.45, 7) is 2.39. The quantitative estimate of drug-likeness (QED) is 0.905. The van der Waals surface area contributed by atoms with Crippen molar-refractivity contribution in [2.24, 2.45) is 0 Å². The summed E-state index contributed by atoms with van der Waals surface area (Å²) in [5.41, 5.74) is 2.04. The Balaban J connectivity index is 2.15. The summed E-state index contributed by atoms with van der Waals surface area (Å²) in [6.07, 6.45) is 3.31. The molecule has 0 saturated carbocycles. The summed E-state index contributed by atoms with van der Waals surface area (Å²) in [5, 5.41) is 12.1. The van der Waals surface area contributed by atoms with Gasteiger partial charge in [-0.05, 0) is 40.5 Å². The van der Waals surface area contributed by atoms with E-state index in [1.807, 2.05) is 19.1 Å². The van der Waals surface area contributed by atoms with E-state index in [-0.39, 0.29) is 5.56 Å². The van der Waals surface area contributed by atoms with Crippen molar-refractivity contribution in [2.45, 2.75) is 13.5 Å². The van der Waals surface area contributed by atoms with Crippen LogP contribution in [0.4, 0.5) is 5.82 Å². The molecule has 0 aliphatic carbocycles. The highest BCUT2D eigenvalue weighted by Gasteiger charge is 2.11. The van der Waals surface area contributed by atoms with Crippen LogP contribution in [0.1, 0.15) is 21.6 Å². The predicted molar refractivity (Wildman–Crippen MR) is 75.2 cm³/mol. The van der Waals surface area contributed by atoms with E-state index >= 15 is 0 Å². The fraction of sp³-hybridized carbons (Fsp3) is 0.154. The van der Waals surface area contributed by atoms with E-state index in [9.17, 15) is 4.79 Å². The highest BCUT2D eigenvalue weighted by Crippen LogP contribution is 2.18. The zero-order valence-corrected chi connectivity index (χ0v) is 11.8. The van der Waals surface area contributed by atoms with Gasteiger partial charge in [-0.3, -0.25) is 4.98 Å². The van der Waals surface area contributed by atoms with Crippen LogP contribution in [0, 0.1) is 6.92 Å². The summed E-state index contributed by atoms with van der Waals surface area (Å²) >= 11 is 3.20. The van der Waals surface area contributed by atoms with E-state index in [0.717, 1.165) is 11.3 Å². The van der Waals surface area contributed by atoms with Crippen LogP contribution in [-0.4, -0.2) is 21.0 Å². The van der Waals surface area contributed by atoms with Gasteiger partial charge in [0, 0.05) is 29.1 Å². The second-order valence-electron chi connectivity index (χ2n) is 4.02. The number of carboxylic acid groups (broad SMARTS) is 1. The van der Waals surface area contributed by atoms with Gasteiger partial charge in [0.2, 0.25) is 0 Å². The number of aromatic carboxylic acids is 1. The van der Waals surface area contributed by atoms with Gasteiger partial charge < -0.3 is 10.4 Å². The molecule has 98 valence electrons. The largest absolute Gasteiger partial charge is 0.478 e. The van der Waals surface area contributed by atoms with Gasteiger partial charge >= 0.3 is 5.97 Å². The van der Waals surface area contributed by atoms with Crippen molar-refractivity contribution < 1.29 is 9.90 Å². The minimum absolute atomic E-state index is 0.134. The number of pyridine rings is 2. The van der Waals surface area contributed by atoms with Crippen LogP contribution < -0.4 is 5.32 Å². The average Bonchev–Trinajstić information content (AvgIpc) is 2.39. The average molecular weight is 322 g/mol. The first-order valence-electron chi connectivity index (χ1n) is 5.60. The number of carboxylic acids is 1. The first kappa shape index (κ1) is 13.5. The Labute approximate surface area is 118 Å². The minimum Gasteiger partial charge on any atom is -0.478 e. The zero-order valence-electron chi connectivity index (χ0n) is 10.2. The highest BCUT2D eigenvalue weighted by atomic mass is 79.9. The van der Waals surface area contributed by atoms with Gasteiger partial charge in [-0.1, -0.05) is 6.07 Å². The lowest BCUT2D eigenvalue weighted by Gasteiger charge is -2.08. The van der Waals surface area contributed by atoms with Crippen LogP contribution in [-0.2, 0) is 6.54 Å². The summed E-state index contributed by atoms with van der Waals surface area (Å²) in [6, 6.07) is 5.36. The number of halogens is 1. The van der Waals surface area contributed by atoms with Gasteiger partial charge in [-0.25, -0.2) is 9.78 Å². The topological polar surface area (TPSA) is 75.1 Å². The molecule has 2 rings (SSSR count). The van der Waals surface area contributed by atoms with Crippen molar-refractivity contribution in [1.82, 2.24) is 9.97 Å². The number of aryl methyl sites for hydroxylation is 1. The maximum Gasteiger partial charge on any atom is 0.339 e. The number of carbonyl (C=O) groups is 1. The molecule has 0 aromatic carbocycles. The molecule has 2 aromatic heterocycles. The van der Waals surface area contributed by atoms with Crippen molar-refractivity contribution >= 4 is 27.7 Å². The fourth-order valence-corrected chi connectivity index (χ4v) is 1.86. The standard InChI is InChI=1S/C13H12BrN3O2/c1-8-2-3-9(5-15-8)6-16-12-11(13(18)19)4-10(14)7-17-12/h2-5,7H,6H2,1H3,(H,16,17)(H,18,19). The molecule has 0 radical (unpaired) electrons. The van der Waals surface area contributed by atoms with Crippen LogP contribution >= 0.6 is 15.9 Å². The fourth-order valence-electron chi connectivity index (χ4n) is 1.53. The van der Waals surface area contributed by atoms with Crippen molar-refractivity contribution in [3.05, 3.63) is 51.9 Å². The predicted octanol–water partition coefficient (Wildman–Crippen LogP) is 2.86. The summed E-state index contributed by atoms with van der Waals surface area (Å²) in [4.78, 5) is 19.4. The Morgan fingerprint density at radius 3 is 2.79 bits per heavy atom. The molecule has 5 nitrogen and oxygen atoms in total. The number of nitrogens with one attached hydrogen (secondary N) is 1. The molecule has 0 atom stereocenters. The first-order valence-corrected chi connectivity index (χ1v) is 6.40. The van der Waals surface area contributed by atoms with E-state index in [4.69, 9.17) is 5.11 Å². The second-order valence-corrected chi connectivity index (χ2v) is 4.93. The Kier molecular flexibility index (Phi) is 4.11. The lowest BCUT2D eigenvalue weighted by molar-refractivity contribution is 0.0697. The van der Waals surface area contributed by atoms with Gasteiger partial charge in [0.1, 0.15) is 11.4 Å². The summed E-state index contributed by atoms with van der Waals surface area (Å²) < 4.78 is 0.632. The Bertz CT molecular complexity index is 599. The summed E-state index contributed by atoms with van der Waals surface area (Å²) in [7, 11) is 0. The van der Waals surface area contributed by atoms with Gasteiger partial charge in [0.05, 0.1) is 0 Å². The molecule has 0 spiro atoms. The van der Waals surface area contributed by atoms with Crippen molar-refractivity contribution in [3.8, 4) is 0 Å². The van der Waals surface area contributed by atoms with E-state index in [1.54, 1.807) is 12.4 Å². The van der Waals surface area contributed by atoms with Crippen LogP contribution in [0.15, 0.2) is 35.1 Å². The first-order chi connectivity index (χ1) is 9.06. The van der Waals surface area contributed by atoms with E-state index < -0.39 is 5.97 Å². The molecule has 2 aromatic rings. The summed E-state index contributed by atoms with van der Waals surface area (Å²) in [5.74, 6) is -0.672. The van der Waals surface area contributed by atoms with E-state index in [0.29, 0.717) is 16.8 Å². The zero-order chi connectivity index (χ0) is 13.8. The van der Waals surface area contributed by atoms with Crippen molar-refractivity contribution in [3.63, 3.8) is 0 Å². The maximum absolute atomic E-state index is 11.1. The maximum atomic E-state index is 11.1. The Morgan fingerprint density at radius 2 is 2.16 bits per heavy atom. The molecule has 0 fully saturated rings. The number of anilines is 1. The van der Waals surface area contributed by atoms with E-state index in [1.165, 1.54) is 6.07 Å². The molecular formula is C13H12BrN3O2. The SMILES string of the molecule is Cc1ccc(CNc2ncc(Br)cc2C(=O)O)cn1. The third-order valence-corrected chi connectivity index (χ3v) is 2.95. The molecule has 2 heterocycles. The molecule has 0 saturated heterocycles. The smallest absolute Gasteiger partial charge is 0.339 e. The van der Waals surface area contributed by atoms with E-state index in [2.05, 4.69) is 31.2 Å². The molecule has 0 bridgehead atoms. The molecule has 0 aliphatic heterocycles. The molecular weight excluding hydrogens is 310 g/mol. The van der Waals surface area contributed by atoms with Crippen LogP contribution in [0.25, 0.3) is 0 Å². The van der Waals surface area contributed by atoms with Crippen LogP contribution in [0.2, 0.25) is 0 Å². The van der Waals surface area contributed by atoms with Gasteiger partial charge in [0.25, 0.3) is 0 Å². The Morgan fingerprint density at radius 1 is 1.37 bits per heavy atom. The van der Waals surface area contributed by atoms with Gasteiger partial charge in [-0.15, -0.1) is 0 Å². The Hall–Kier alpha value is -1.95. The van der Waals surface area contributed by atoms with Crippen LogP contribution in [0.3, 0.4) is 0 Å². The normalized spacial score (nSPS) is 10.2. The van der Waals surface area contributed by atoms with Crippen molar-refractivity contribution in [1.29, 1.82) is 0 Å².